The molecule has 7 heteroatoms. The normalized spacial score (nSPS) is 11.8. The molecule has 0 aliphatic carbocycles. The number of esters is 2. The van der Waals surface area contributed by atoms with Crippen molar-refractivity contribution in [1.82, 2.24) is 4.90 Å². The summed E-state index contributed by atoms with van der Waals surface area (Å²) >= 11 is 0. The van der Waals surface area contributed by atoms with E-state index in [1.807, 2.05) is 24.3 Å². The van der Waals surface area contributed by atoms with Gasteiger partial charge in [-0.05, 0) is 45.3 Å². The molecule has 238 valence electrons. The van der Waals surface area contributed by atoms with Crippen molar-refractivity contribution in [2.75, 3.05) is 26.3 Å². The Bertz CT molecular complexity index is 879. The van der Waals surface area contributed by atoms with Crippen LogP contribution in [0.2, 0.25) is 0 Å². The molecule has 0 heterocycles. The average molecular weight is 588 g/mol. The fourth-order valence-electron chi connectivity index (χ4n) is 4.84. The smallest absolute Gasteiger partial charge is 0.325 e. The summed E-state index contributed by atoms with van der Waals surface area (Å²) in [4.78, 5) is 38.0. The number of unbranched alkanes of at least 4 members (excludes halogenated alkanes) is 12. The highest BCUT2D eigenvalue weighted by molar-refractivity contribution is 5.95. The van der Waals surface area contributed by atoms with Gasteiger partial charge in [0.25, 0.3) is 0 Å². The molecular formula is C35H57NO6. The van der Waals surface area contributed by atoms with Gasteiger partial charge in [0.1, 0.15) is 18.8 Å². The number of amides is 1. The molecule has 0 saturated heterocycles. The van der Waals surface area contributed by atoms with E-state index >= 15 is 0 Å². The molecule has 1 aromatic rings. The topological polar surface area (TPSA) is 82.1 Å². The Balaban J connectivity index is 2.53. The van der Waals surface area contributed by atoms with Crippen molar-refractivity contribution in [1.29, 1.82) is 0 Å². The number of rotatable bonds is 25. The molecule has 1 rings (SSSR count). The van der Waals surface area contributed by atoms with Crippen molar-refractivity contribution in [3.8, 4) is 5.75 Å². The summed E-state index contributed by atoms with van der Waals surface area (Å²) in [5.74, 6) is -0.923. The second-order valence-electron chi connectivity index (χ2n) is 10.9. The molecule has 0 aliphatic rings. The van der Waals surface area contributed by atoms with Gasteiger partial charge in [-0.25, -0.2) is 0 Å². The van der Waals surface area contributed by atoms with E-state index in [1.165, 1.54) is 83.1 Å². The van der Waals surface area contributed by atoms with E-state index < -0.39 is 17.8 Å². The van der Waals surface area contributed by atoms with E-state index in [0.29, 0.717) is 5.75 Å². The van der Waals surface area contributed by atoms with Gasteiger partial charge in [0, 0.05) is 11.6 Å². The zero-order valence-electron chi connectivity index (χ0n) is 26.9. The number of carbonyl (C=O) groups is 3. The minimum Gasteiger partial charge on any atom is -0.490 e. The molecule has 0 aliphatic heterocycles. The molecular weight excluding hydrogens is 530 g/mol. The van der Waals surface area contributed by atoms with Crippen molar-refractivity contribution in [2.24, 2.45) is 0 Å². The van der Waals surface area contributed by atoms with Gasteiger partial charge in [-0.2, -0.15) is 0 Å². The first-order chi connectivity index (χ1) is 20.4. The van der Waals surface area contributed by atoms with Gasteiger partial charge in [0.15, 0.2) is 0 Å². The van der Waals surface area contributed by atoms with Gasteiger partial charge >= 0.3 is 11.9 Å². The monoisotopic (exact) mass is 587 g/mol. The Hall–Kier alpha value is -2.83. The van der Waals surface area contributed by atoms with Gasteiger partial charge in [-0.15, -0.1) is 0 Å². The van der Waals surface area contributed by atoms with Crippen LogP contribution in [0.25, 0.3) is 6.08 Å². The maximum Gasteiger partial charge on any atom is 0.325 e. The number of benzene rings is 1. The maximum atomic E-state index is 12.9. The van der Waals surface area contributed by atoms with Crippen LogP contribution in [0.3, 0.4) is 0 Å². The van der Waals surface area contributed by atoms with Crippen LogP contribution in [0, 0.1) is 0 Å². The molecule has 0 spiro atoms. The highest BCUT2D eigenvalue weighted by Crippen LogP contribution is 2.24. The Labute approximate surface area is 255 Å². The van der Waals surface area contributed by atoms with Crippen LogP contribution in [0.4, 0.5) is 0 Å². The Morgan fingerprint density at radius 3 is 1.71 bits per heavy atom. The quantitative estimate of drug-likeness (QED) is 0.0650. The standard InChI is InChI=1S/C35H57NO6/c1-5-9-10-11-12-13-14-15-16-17-18-19-20-24-31(6-2)42-32-25-22-21-23-30(32)26-27-33(37)36(28-34(38)40-7-3)29-35(39)41-8-4/h21-23,25-27,31H,5-20,24,28-29H2,1-4H3. The van der Waals surface area contributed by atoms with Crippen molar-refractivity contribution >= 4 is 23.9 Å². The molecule has 1 aromatic carbocycles. The predicted molar refractivity (Wildman–Crippen MR) is 170 cm³/mol. The number of nitrogens with zero attached hydrogens (tertiary/aromatic N) is 1. The zero-order chi connectivity index (χ0) is 30.8. The average Bonchev–Trinajstić information content (AvgIpc) is 2.98. The molecule has 0 fully saturated rings. The first-order valence-electron chi connectivity index (χ1n) is 16.5. The Kier molecular flexibility index (Phi) is 21.9. The van der Waals surface area contributed by atoms with E-state index in [-0.39, 0.29) is 32.4 Å². The lowest BCUT2D eigenvalue weighted by Crippen LogP contribution is -2.39. The number of hydrogen-bond acceptors (Lipinski definition) is 6. The van der Waals surface area contributed by atoms with Gasteiger partial charge in [0.2, 0.25) is 5.91 Å². The van der Waals surface area contributed by atoms with Crippen LogP contribution >= 0.6 is 0 Å². The molecule has 7 nitrogen and oxygen atoms in total. The summed E-state index contributed by atoms with van der Waals surface area (Å²) in [6.07, 6.45) is 22.4. The fourth-order valence-corrected chi connectivity index (χ4v) is 4.84. The van der Waals surface area contributed by atoms with Crippen LogP contribution < -0.4 is 4.74 Å². The van der Waals surface area contributed by atoms with E-state index in [1.54, 1.807) is 19.9 Å². The predicted octanol–water partition coefficient (Wildman–Crippen LogP) is 8.29. The highest BCUT2D eigenvalue weighted by atomic mass is 16.5. The van der Waals surface area contributed by atoms with E-state index in [9.17, 15) is 14.4 Å². The molecule has 42 heavy (non-hydrogen) atoms. The minimum atomic E-state index is -0.578. The van der Waals surface area contributed by atoms with Crippen molar-refractivity contribution in [3.63, 3.8) is 0 Å². The van der Waals surface area contributed by atoms with Crippen molar-refractivity contribution < 1.29 is 28.6 Å². The number of hydrogen-bond donors (Lipinski definition) is 0. The van der Waals surface area contributed by atoms with Gasteiger partial charge in [0.05, 0.1) is 19.3 Å². The van der Waals surface area contributed by atoms with E-state index in [2.05, 4.69) is 13.8 Å². The van der Waals surface area contributed by atoms with Crippen LogP contribution in [-0.2, 0) is 23.9 Å². The van der Waals surface area contributed by atoms with Crippen LogP contribution in [-0.4, -0.2) is 55.2 Å². The zero-order valence-corrected chi connectivity index (χ0v) is 26.9. The lowest BCUT2D eigenvalue weighted by molar-refractivity contribution is -0.152. The summed E-state index contributed by atoms with van der Waals surface area (Å²) in [6.45, 7) is 7.51. The molecule has 0 saturated carbocycles. The van der Waals surface area contributed by atoms with E-state index in [0.717, 1.165) is 29.7 Å². The third-order valence-electron chi connectivity index (χ3n) is 7.27. The Morgan fingerprint density at radius 2 is 1.21 bits per heavy atom. The summed E-state index contributed by atoms with van der Waals surface area (Å²) in [5, 5.41) is 0. The molecule has 1 atom stereocenters. The van der Waals surface area contributed by atoms with Crippen molar-refractivity contribution in [3.05, 3.63) is 35.9 Å². The molecule has 1 amide bonds. The second-order valence-corrected chi connectivity index (χ2v) is 10.9. The third kappa shape index (κ3) is 17.9. The molecule has 1 unspecified atom stereocenters. The largest absolute Gasteiger partial charge is 0.490 e. The summed E-state index contributed by atoms with van der Waals surface area (Å²) in [5.41, 5.74) is 0.766. The summed E-state index contributed by atoms with van der Waals surface area (Å²) < 4.78 is 16.3. The number of ether oxygens (including phenoxy) is 3. The summed E-state index contributed by atoms with van der Waals surface area (Å²) in [7, 11) is 0. The summed E-state index contributed by atoms with van der Waals surface area (Å²) in [6, 6.07) is 7.60. The lowest BCUT2D eigenvalue weighted by Gasteiger charge is -2.20. The maximum absolute atomic E-state index is 12.9. The first-order valence-corrected chi connectivity index (χ1v) is 16.5. The molecule has 0 radical (unpaired) electrons. The third-order valence-corrected chi connectivity index (χ3v) is 7.27. The molecule has 0 bridgehead atoms. The highest BCUT2D eigenvalue weighted by Gasteiger charge is 2.20. The van der Waals surface area contributed by atoms with Gasteiger partial charge < -0.3 is 19.1 Å². The molecule has 0 aromatic heterocycles. The second kappa shape index (κ2) is 24.7. The number of para-hydroxylation sites is 1. The minimum absolute atomic E-state index is 0.104. The Morgan fingerprint density at radius 1 is 0.714 bits per heavy atom. The number of carbonyl (C=O) groups excluding carboxylic acids is 3. The SMILES string of the molecule is CCCCCCCCCCCCCCCC(CC)Oc1ccccc1C=CC(=O)N(CC(=O)OCC)CC(=O)OCC. The van der Waals surface area contributed by atoms with Crippen LogP contribution in [0.15, 0.2) is 30.3 Å². The van der Waals surface area contributed by atoms with Gasteiger partial charge in [-0.1, -0.05) is 109 Å². The lowest BCUT2D eigenvalue weighted by atomic mass is 10.0. The first kappa shape index (κ1) is 37.2. The van der Waals surface area contributed by atoms with Crippen LogP contribution in [0.5, 0.6) is 5.75 Å². The molecule has 0 N–H and O–H groups in total. The van der Waals surface area contributed by atoms with Crippen LogP contribution in [0.1, 0.15) is 130 Å². The fraction of sp³-hybridized carbons (Fsp3) is 0.686. The van der Waals surface area contributed by atoms with Crippen molar-refractivity contribution in [2.45, 2.75) is 130 Å². The van der Waals surface area contributed by atoms with Gasteiger partial charge in [-0.3, -0.25) is 14.4 Å². The van der Waals surface area contributed by atoms with E-state index in [4.69, 9.17) is 14.2 Å².